The molecule has 1 aromatic carbocycles. The summed E-state index contributed by atoms with van der Waals surface area (Å²) < 4.78 is 11.1. The van der Waals surface area contributed by atoms with Crippen molar-refractivity contribution in [2.24, 2.45) is 5.92 Å². The van der Waals surface area contributed by atoms with E-state index < -0.39 is 0 Å². The van der Waals surface area contributed by atoms with Gasteiger partial charge >= 0.3 is 0 Å². The number of pyridine rings is 1. The molecular weight excluding hydrogens is 362 g/mol. The second-order valence-corrected chi connectivity index (χ2v) is 7.16. The summed E-state index contributed by atoms with van der Waals surface area (Å²) in [7, 11) is 1.56. The first kappa shape index (κ1) is 18.8. The molecule has 0 bridgehead atoms. The van der Waals surface area contributed by atoms with Crippen molar-refractivity contribution in [1.29, 1.82) is 0 Å². The van der Waals surface area contributed by atoms with Gasteiger partial charge in [-0.2, -0.15) is 0 Å². The van der Waals surface area contributed by atoms with Crippen LogP contribution in [-0.4, -0.2) is 29.6 Å². The van der Waals surface area contributed by atoms with Crippen molar-refractivity contribution in [3.8, 4) is 22.8 Å². The van der Waals surface area contributed by atoms with Crippen LogP contribution < -0.4 is 14.8 Å². The summed E-state index contributed by atoms with van der Waals surface area (Å²) in [6.07, 6.45) is 3.45. The van der Waals surface area contributed by atoms with E-state index in [0.717, 1.165) is 11.3 Å². The fourth-order valence-corrected chi connectivity index (χ4v) is 3.05. The number of carbonyl (C=O) groups excluding carboxylic acids is 1. The molecule has 2 aromatic heterocycles. The van der Waals surface area contributed by atoms with Crippen LogP contribution in [0.4, 0.5) is 5.13 Å². The number of anilines is 1. The SMILES string of the molecule is COc1cc(C(=O)Nc2nc(-c3cccnc3)cs2)ccc1OCC(C)C. The van der Waals surface area contributed by atoms with E-state index in [-0.39, 0.29) is 5.91 Å². The molecule has 0 unspecified atom stereocenters. The van der Waals surface area contributed by atoms with Gasteiger partial charge in [-0.15, -0.1) is 11.3 Å². The first-order valence-electron chi connectivity index (χ1n) is 8.55. The number of thiazole rings is 1. The summed E-state index contributed by atoms with van der Waals surface area (Å²) in [5.41, 5.74) is 2.16. The minimum Gasteiger partial charge on any atom is -0.493 e. The third-order valence-electron chi connectivity index (χ3n) is 3.68. The van der Waals surface area contributed by atoms with Gasteiger partial charge in [-0.25, -0.2) is 4.98 Å². The van der Waals surface area contributed by atoms with E-state index >= 15 is 0 Å². The van der Waals surface area contributed by atoms with E-state index in [1.807, 2.05) is 17.5 Å². The first-order chi connectivity index (χ1) is 13.1. The van der Waals surface area contributed by atoms with Crippen LogP contribution >= 0.6 is 11.3 Å². The maximum absolute atomic E-state index is 12.6. The molecule has 0 atom stereocenters. The van der Waals surface area contributed by atoms with Crippen molar-refractivity contribution in [1.82, 2.24) is 9.97 Å². The highest BCUT2D eigenvalue weighted by atomic mass is 32.1. The van der Waals surface area contributed by atoms with Crippen molar-refractivity contribution >= 4 is 22.4 Å². The van der Waals surface area contributed by atoms with Gasteiger partial charge in [0.1, 0.15) is 0 Å². The Kier molecular flexibility index (Phi) is 6.03. The van der Waals surface area contributed by atoms with Crippen molar-refractivity contribution in [3.05, 3.63) is 53.7 Å². The number of benzene rings is 1. The number of hydrogen-bond donors (Lipinski definition) is 1. The van der Waals surface area contributed by atoms with Gasteiger partial charge in [0.05, 0.1) is 19.4 Å². The van der Waals surface area contributed by atoms with Crippen LogP contribution in [-0.2, 0) is 0 Å². The van der Waals surface area contributed by atoms with Gasteiger partial charge in [0.25, 0.3) is 5.91 Å². The predicted molar refractivity (Wildman–Crippen MR) is 107 cm³/mol. The van der Waals surface area contributed by atoms with Gasteiger partial charge in [-0.05, 0) is 36.2 Å². The molecule has 1 N–H and O–H groups in total. The Hall–Kier alpha value is -2.93. The first-order valence-corrected chi connectivity index (χ1v) is 9.43. The molecule has 6 nitrogen and oxygen atoms in total. The Morgan fingerprint density at radius 1 is 1.26 bits per heavy atom. The summed E-state index contributed by atoms with van der Waals surface area (Å²) in [6, 6.07) is 8.90. The van der Waals surface area contributed by atoms with E-state index in [4.69, 9.17) is 9.47 Å². The largest absolute Gasteiger partial charge is 0.493 e. The van der Waals surface area contributed by atoms with Crippen LogP contribution in [0.15, 0.2) is 48.1 Å². The third-order valence-corrected chi connectivity index (χ3v) is 4.44. The van der Waals surface area contributed by atoms with Crippen LogP contribution in [0, 0.1) is 5.92 Å². The second kappa shape index (κ2) is 8.64. The van der Waals surface area contributed by atoms with Crippen LogP contribution in [0.25, 0.3) is 11.3 Å². The lowest BCUT2D eigenvalue weighted by Gasteiger charge is -2.13. The highest BCUT2D eigenvalue weighted by molar-refractivity contribution is 7.14. The van der Waals surface area contributed by atoms with Gasteiger partial charge in [0.15, 0.2) is 16.6 Å². The number of aromatic nitrogens is 2. The minimum atomic E-state index is -0.254. The zero-order chi connectivity index (χ0) is 19.2. The molecular formula is C20H21N3O3S. The van der Waals surface area contributed by atoms with Gasteiger partial charge in [0, 0.05) is 28.9 Å². The molecule has 0 fully saturated rings. The number of carbonyl (C=O) groups is 1. The van der Waals surface area contributed by atoms with Crippen molar-refractivity contribution in [3.63, 3.8) is 0 Å². The number of rotatable bonds is 7. The smallest absolute Gasteiger partial charge is 0.257 e. The number of hydrogen-bond acceptors (Lipinski definition) is 6. The van der Waals surface area contributed by atoms with E-state index in [9.17, 15) is 4.79 Å². The number of amides is 1. The van der Waals surface area contributed by atoms with Crippen molar-refractivity contribution in [2.75, 3.05) is 19.0 Å². The molecule has 2 heterocycles. The van der Waals surface area contributed by atoms with Crippen molar-refractivity contribution in [2.45, 2.75) is 13.8 Å². The van der Waals surface area contributed by atoms with Gasteiger partial charge < -0.3 is 9.47 Å². The van der Waals surface area contributed by atoms with Crippen LogP contribution in [0.5, 0.6) is 11.5 Å². The monoisotopic (exact) mass is 383 g/mol. The number of nitrogens with one attached hydrogen (secondary N) is 1. The van der Waals surface area contributed by atoms with E-state index in [2.05, 4.69) is 29.1 Å². The lowest BCUT2D eigenvalue weighted by atomic mass is 10.2. The Balaban J connectivity index is 1.72. The number of nitrogens with zero attached hydrogens (tertiary/aromatic N) is 2. The average Bonchev–Trinajstić information content (AvgIpc) is 3.15. The maximum Gasteiger partial charge on any atom is 0.257 e. The van der Waals surface area contributed by atoms with Crippen LogP contribution in [0.3, 0.4) is 0 Å². The zero-order valence-electron chi connectivity index (χ0n) is 15.4. The third kappa shape index (κ3) is 4.83. The predicted octanol–water partition coefficient (Wildman–Crippen LogP) is 4.50. The zero-order valence-corrected chi connectivity index (χ0v) is 16.2. The summed E-state index contributed by atoms with van der Waals surface area (Å²) in [5, 5.41) is 5.23. The molecule has 0 spiro atoms. The molecule has 0 saturated carbocycles. The molecule has 3 rings (SSSR count). The van der Waals surface area contributed by atoms with Gasteiger partial charge in [0.2, 0.25) is 0 Å². The molecule has 0 radical (unpaired) electrons. The fourth-order valence-electron chi connectivity index (χ4n) is 2.33. The molecule has 0 saturated heterocycles. The lowest BCUT2D eigenvalue weighted by Crippen LogP contribution is -2.12. The summed E-state index contributed by atoms with van der Waals surface area (Å²) in [4.78, 5) is 21.1. The van der Waals surface area contributed by atoms with Crippen LogP contribution in [0.2, 0.25) is 0 Å². The van der Waals surface area contributed by atoms with Crippen LogP contribution in [0.1, 0.15) is 24.2 Å². The molecule has 0 aliphatic heterocycles. The average molecular weight is 383 g/mol. The van der Waals surface area contributed by atoms with Gasteiger partial charge in [-0.3, -0.25) is 15.1 Å². The standard InChI is InChI=1S/C20H21N3O3S/c1-13(2)11-26-17-7-6-14(9-18(17)25-3)19(24)23-20-22-16(12-27-20)15-5-4-8-21-10-15/h4-10,12-13H,11H2,1-3H3,(H,22,23,24). The summed E-state index contributed by atoms with van der Waals surface area (Å²) in [6.45, 7) is 4.72. The number of methoxy groups -OCH3 is 1. The fraction of sp³-hybridized carbons (Fsp3) is 0.250. The van der Waals surface area contributed by atoms with E-state index in [1.54, 1.807) is 37.7 Å². The molecule has 0 aliphatic carbocycles. The Bertz CT molecular complexity index is 910. The molecule has 7 heteroatoms. The summed E-state index contributed by atoms with van der Waals surface area (Å²) >= 11 is 1.37. The Morgan fingerprint density at radius 3 is 2.81 bits per heavy atom. The number of ether oxygens (including phenoxy) is 2. The molecule has 3 aromatic rings. The Labute approximate surface area is 162 Å². The van der Waals surface area contributed by atoms with Gasteiger partial charge in [-0.1, -0.05) is 13.8 Å². The highest BCUT2D eigenvalue weighted by Crippen LogP contribution is 2.29. The highest BCUT2D eigenvalue weighted by Gasteiger charge is 2.14. The maximum atomic E-state index is 12.6. The minimum absolute atomic E-state index is 0.254. The Morgan fingerprint density at radius 2 is 2.11 bits per heavy atom. The quantitative estimate of drug-likeness (QED) is 0.650. The topological polar surface area (TPSA) is 73.3 Å². The molecule has 1 amide bonds. The van der Waals surface area contributed by atoms with E-state index in [1.165, 1.54) is 11.3 Å². The molecule has 0 aliphatic rings. The lowest BCUT2D eigenvalue weighted by molar-refractivity contribution is 0.102. The van der Waals surface area contributed by atoms with E-state index in [0.29, 0.717) is 34.7 Å². The summed E-state index contributed by atoms with van der Waals surface area (Å²) in [5.74, 6) is 1.29. The second-order valence-electron chi connectivity index (χ2n) is 6.30. The van der Waals surface area contributed by atoms with Crippen molar-refractivity contribution < 1.29 is 14.3 Å². The molecule has 140 valence electrons. The normalized spacial score (nSPS) is 10.7. The molecule has 27 heavy (non-hydrogen) atoms.